The fraction of sp³-hybridized carbons (Fsp3) is 0.458. The normalized spacial score (nSPS) is 16.3. The van der Waals surface area contributed by atoms with Crippen molar-refractivity contribution < 1.29 is 13.9 Å². The van der Waals surface area contributed by atoms with Crippen LogP contribution in [0.4, 0.5) is 10.1 Å². The SMILES string of the molecule is COc1ccc(F)cc1CN1CCN([C@@H](C)C(=O)Nc2c(C)cc(C)cc2C)CC1. The van der Waals surface area contributed by atoms with Gasteiger partial charge in [0, 0.05) is 44.0 Å². The van der Waals surface area contributed by atoms with Crippen LogP contribution in [0.25, 0.3) is 0 Å². The Bertz CT molecular complexity index is 884. The van der Waals surface area contributed by atoms with Gasteiger partial charge >= 0.3 is 0 Å². The van der Waals surface area contributed by atoms with Crippen molar-refractivity contribution in [3.05, 3.63) is 58.4 Å². The minimum atomic E-state index is -0.253. The second kappa shape index (κ2) is 9.58. The van der Waals surface area contributed by atoms with Gasteiger partial charge in [0.05, 0.1) is 13.2 Å². The number of carbonyl (C=O) groups excluding carboxylic acids is 1. The molecule has 0 spiro atoms. The van der Waals surface area contributed by atoms with Crippen LogP contribution in [0.1, 0.15) is 29.2 Å². The minimum Gasteiger partial charge on any atom is -0.496 e. The van der Waals surface area contributed by atoms with Crippen molar-refractivity contribution in [1.82, 2.24) is 9.80 Å². The summed E-state index contributed by atoms with van der Waals surface area (Å²) in [6.07, 6.45) is 0. The molecule has 1 N–H and O–H groups in total. The van der Waals surface area contributed by atoms with Gasteiger partial charge < -0.3 is 10.1 Å². The summed E-state index contributed by atoms with van der Waals surface area (Å²) in [6, 6.07) is 8.59. The molecular weight excluding hydrogens is 381 g/mol. The van der Waals surface area contributed by atoms with Crippen LogP contribution in [0.2, 0.25) is 0 Å². The standard InChI is InChI=1S/C24H32FN3O2/c1-16-12-17(2)23(18(3)13-16)26-24(29)19(4)28-10-8-27(9-11-28)15-20-14-21(25)6-7-22(20)30-5/h6-7,12-14,19H,8-11,15H2,1-5H3,(H,26,29)/t19-/m0/s1. The fourth-order valence-corrected chi connectivity index (χ4v) is 4.19. The number of nitrogens with zero attached hydrogens (tertiary/aromatic N) is 2. The summed E-state index contributed by atoms with van der Waals surface area (Å²) in [5.41, 5.74) is 5.13. The van der Waals surface area contributed by atoms with Crippen molar-refractivity contribution >= 4 is 11.6 Å². The molecule has 0 unspecified atom stereocenters. The lowest BCUT2D eigenvalue weighted by Gasteiger charge is -2.37. The van der Waals surface area contributed by atoms with Gasteiger partial charge in [-0.3, -0.25) is 14.6 Å². The predicted molar refractivity (Wildman–Crippen MR) is 119 cm³/mol. The maximum absolute atomic E-state index is 13.6. The molecule has 0 saturated carbocycles. The molecule has 6 heteroatoms. The third kappa shape index (κ3) is 5.18. The molecule has 1 aliphatic heterocycles. The second-order valence-electron chi connectivity index (χ2n) is 8.21. The number of nitrogens with one attached hydrogen (secondary N) is 1. The van der Waals surface area contributed by atoms with E-state index < -0.39 is 0 Å². The average Bonchev–Trinajstić information content (AvgIpc) is 2.70. The van der Waals surface area contributed by atoms with Gasteiger partial charge in [0.1, 0.15) is 11.6 Å². The number of aryl methyl sites for hydroxylation is 3. The summed E-state index contributed by atoms with van der Waals surface area (Å²) in [5.74, 6) is 0.470. The summed E-state index contributed by atoms with van der Waals surface area (Å²) in [4.78, 5) is 17.3. The van der Waals surface area contributed by atoms with Crippen molar-refractivity contribution in [2.24, 2.45) is 0 Å². The molecule has 2 aromatic rings. The first-order valence-corrected chi connectivity index (χ1v) is 10.5. The van der Waals surface area contributed by atoms with Crippen molar-refractivity contribution in [2.45, 2.75) is 40.3 Å². The molecule has 1 aliphatic rings. The van der Waals surface area contributed by atoms with Gasteiger partial charge in [-0.15, -0.1) is 0 Å². The number of ether oxygens (including phenoxy) is 1. The molecule has 162 valence electrons. The van der Waals surface area contributed by atoms with E-state index in [-0.39, 0.29) is 17.8 Å². The predicted octanol–water partition coefficient (Wildman–Crippen LogP) is 3.90. The number of anilines is 1. The van der Waals surface area contributed by atoms with E-state index in [2.05, 4.69) is 34.2 Å². The summed E-state index contributed by atoms with van der Waals surface area (Å²) in [5, 5.41) is 3.12. The van der Waals surface area contributed by atoms with Crippen LogP contribution >= 0.6 is 0 Å². The molecule has 1 fully saturated rings. The Hall–Kier alpha value is -2.44. The summed E-state index contributed by atoms with van der Waals surface area (Å²) in [7, 11) is 1.60. The third-order valence-electron chi connectivity index (χ3n) is 5.90. The van der Waals surface area contributed by atoms with E-state index in [1.807, 2.05) is 20.8 Å². The quantitative estimate of drug-likeness (QED) is 0.780. The van der Waals surface area contributed by atoms with Gasteiger partial charge in [-0.05, 0) is 57.0 Å². The van der Waals surface area contributed by atoms with E-state index in [0.29, 0.717) is 12.3 Å². The molecule has 30 heavy (non-hydrogen) atoms. The molecule has 3 rings (SSSR count). The molecule has 1 saturated heterocycles. The van der Waals surface area contributed by atoms with E-state index in [9.17, 15) is 9.18 Å². The lowest BCUT2D eigenvalue weighted by molar-refractivity contribution is -0.121. The van der Waals surface area contributed by atoms with Gasteiger partial charge in [-0.25, -0.2) is 4.39 Å². The van der Waals surface area contributed by atoms with Crippen molar-refractivity contribution in [2.75, 3.05) is 38.6 Å². The molecule has 2 aromatic carbocycles. The van der Waals surface area contributed by atoms with Crippen LogP contribution in [0, 0.1) is 26.6 Å². The number of carbonyl (C=O) groups is 1. The second-order valence-corrected chi connectivity index (χ2v) is 8.21. The maximum atomic E-state index is 13.6. The smallest absolute Gasteiger partial charge is 0.241 e. The molecule has 0 radical (unpaired) electrons. The molecule has 1 heterocycles. The van der Waals surface area contributed by atoms with Gasteiger partial charge in [0.15, 0.2) is 0 Å². The summed E-state index contributed by atoms with van der Waals surface area (Å²) in [6.45, 7) is 11.9. The van der Waals surface area contributed by atoms with Gasteiger partial charge in [0.2, 0.25) is 5.91 Å². The molecular formula is C24H32FN3O2. The average molecular weight is 414 g/mol. The zero-order valence-corrected chi connectivity index (χ0v) is 18.6. The van der Waals surface area contributed by atoms with Gasteiger partial charge in [-0.2, -0.15) is 0 Å². The number of piperazine rings is 1. The zero-order valence-electron chi connectivity index (χ0n) is 18.6. The molecule has 0 aliphatic carbocycles. The van der Waals surface area contributed by atoms with Crippen LogP contribution < -0.4 is 10.1 Å². The summed E-state index contributed by atoms with van der Waals surface area (Å²) < 4.78 is 19.0. The number of halogens is 1. The van der Waals surface area contributed by atoms with E-state index in [1.54, 1.807) is 13.2 Å². The Kier molecular flexibility index (Phi) is 7.10. The number of amides is 1. The first-order chi connectivity index (χ1) is 14.3. The largest absolute Gasteiger partial charge is 0.496 e. The number of methoxy groups -OCH3 is 1. The number of hydrogen-bond donors (Lipinski definition) is 1. The lowest BCUT2D eigenvalue weighted by Crippen LogP contribution is -2.52. The number of hydrogen-bond acceptors (Lipinski definition) is 4. The number of benzene rings is 2. The van der Waals surface area contributed by atoms with E-state index in [0.717, 1.165) is 48.6 Å². The van der Waals surface area contributed by atoms with E-state index >= 15 is 0 Å². The fourth-order valence-electron chi connectivity index (χ4n) is 4.19. The van der Waals surface area contributed by atoms with Gasteiger partial charge in [0.25, 0.3) is 0 Å². The molecule has 1 atom stereocenters. The molecule has 0 bridgehead atoms. The highest BCUT2D eigenvalue weighted by atomic mass is 19.1. The molecule has 0 aromatic heterocycles. The minimum absolute atomic E-state index is 0.0188. The highest BCUT2D eigenvalue weighted by Crippen LogP contribution is 2.24. The van der Waals surface area contributed by atoms with Crippen molar-refractivity contribution in [3.63, 3.8) is 0 Å². The van der Waals surface area contributed by atoms with Gasteiger partial charge in [-0.1, -0.05) is 17.7 Å². The highest BCUT2D eigenvalue weighted by Gasteiger charge is 2.26. The molecule has 1 amide bonds. The topological polar surface area (TPSA) is 44.8 Å². The van der Waals surface area contributed by atoms with Crippen LogP contribution in [0.3, 0.4) is 0 Å². The highest BCUT2D eigenvalue weighted by molar-refractivity contribution is 5.96. The zero-order chi connectivity index (χ0) is 21.8. The first-order valence-electron chi connectivity index (χ1n) is 10.5. The van der Waals surface area contributed by atoms with Crippen molar-refractivity contribution in [3.8, 4) is 5.75 Å². The monoisotopic (exact) mass is 413 g/mol. The molecule has 5 nitrogen and oxygen atoms in total. The maximum Gasteiger partial charge on any atom is 0.241 e. The van der Waals surface area contributed by atoms with Crippen LogP contribution in [-0.4, -0.2) is 55.0 Å². The first kappa shape index (κ1) is 22.2. The summed E-state index contributed by atoms with van der Waals surface area (Å²) >= 11 is 0. The Morgan fingerprint density at radius 3 is 2.33 bits per heavy atom. The Balaban J connectivity index is 1.57. The van der Waals surface area contributed by atoms with Crippen LogP contribution in [0.5, 0.6) is 5.75 Å². The Morgan fingerprint density at radius 2 is 1.73 bits per heavy atom. The Morgan fingerprint density at radius 1 is 1.10 bits per heavy atom. The van der Waals surface area contributed by atoms with Crippen molar-refractivity contribution in [1.29, 1.82) is 0 Å². The van der Waals surface area contributed by atoms with Crippen LogP contribution in [-0.2, 0) is 11.3 Å². The van der Waals surface area contributed by atoms with Crippen LogP contribution in [0.15, 0.2) is 30.3 Å². The lowest BCUT2D eigenvalue weighted by atomic mass is 10.0. The number of rotatable bonds is 6. The van der Waals surface area contributed by atoms with E-state index in [4.69, 9.17) is 4.74 Å². The third-order valence-corrected chi connectivity index (χ3v) is 5.90. The Labute approximate surface area is 178 Å². The van der Waals surface area contributed by atoms with E-state index in [1.165, 1.54) is 17.7 Å².